The molecule has 1 aliphatic heterocycles. The number of fused-ring (bicyclic) bond motifs is 1. The van der Waals surface area contributed by atoms with Gasteiger partial charge in [-0.15, -0.1) is 0 Å². The molecule has 0 bridgehead atoms. The van der Waals surface area contributed by atoms with Crippen molar-refractivity contribution in [1.82, 2.24) is 0 Å². The van der Waals surface area contributed by atoms with Gasteiger partial charge >= 0.3 is 5.97 Å². The molecule has 0 unspecified atom stereocenters. The summed E-state index contributed by atoms with van der Waals surface area (Å²) in [5.41, 5.74) is 1.01. The Morgan fingerprint density at radius 3 is 2.55 bits per heavy atom. The molecule has 3 rings (SSSR count). The number of anilines is 2. The molecule has 2 aromatic rings. The van der Waals surface area contributed by atoms with Crippen molar-refractivity contribution >= 4 is 38.8 Å². The van der Waals surface area contributed by atoms with Gasteiger partial charge in [0.2, 0.25) is 0 Å². The second-order valence-electron chi connectivity index (χ2n) is 8.91. The Labute approximate surface area is 201 Å². The van der Waals surface area contributed by atoms with Gasteiger partial charge < -0.3 is 14.7 Å². The molecule has 1 aliphatic rings. The molecule has 0 fully saturated rings. The summed E-state index contributed by atoms with van der Waals surface area (Å²) in [7, 11) is -3.66. The van der Waals surface area contributed by atoms with E-state index in [1.165, 1.54) is 6.07 Å². The summed E-state index contributed by atoms with van der Waals surface area (Å²) in [6.07, 6.45) is 2.61. The maximum Gasteiger partial charge on any atom is 0.307 e. The van der Waals surface area contributed by atoms with Gasteiger partial charge in [0.05, 0.1) is 27.8 Å². The van der Waals surface area contributed by atoms with Crippen LogP contribution in [0.5, 0.6) is 5.75 Å². The minimum atomic E-state index is -3.66. The van der Waals surface area contributed by atoms with Crippen LogP contribution in [0.2, 0.25) is 5.02 Å². The highest BCUT2D eigenvalue weighted by atomic mass is 35.5. The largest absolute Gasteiger partial charge is 0.489 e. The Kier molecular flexibility index (Phi) is 7.96. The number of rotatable bonds is 9. The number of para-hydroxylation sites is 1. The lowest BCUT2D eigenvalue weighted by atomic mass is 9.81. The van der Waals surface area contributed by atoms with Crippen molar-refractivity contribution in [2.24, 2.45) is 5.41 Å². The molecule has 0 saturated carbocycles. The molecule has 2 aromatic carbocycles. The molecule has 0 amide bonds. The van der Waals surface area contributed by atoms with Gasteiger partial charge in [-0.3, -0.25) is 4.79 Å². The van der Waals surface area contributed by atoms with E-state index < -0.39 is 27.3 Å². The molecule has 8 heteroatoms. The van der Waals surface area contributed by atoms with Crippen molar-refractivity contribution in [3.05, 3.63) is 47.5 Å². The molecule has 0 aliphatic carbocycles. The summed E-state index contributed by atoms with van der Waals surface area (Å²) >= 11 is 6.54. The van der Waals surface area contributed by atoms with E-state index >= 15 is 0 Å². The maximum absolute atomic E-state index is 13.7. The molecule has 0 radical (unpaired) electrons. The summed E-state index contributed by atoms with van der Waals surface area (Å²) < 4.78 is 33.2. The molecular formula is C25H32ClNO5S. The van der Waals surface area contributed by atoms with E-state index in [1.54, 1.807) is 13.0 Å². The number of nitrogens with zero attached hydrogens (tertiary/aromatic N) is 1. The highest BCUT2D eigenvalue weighted by molar-refractivity contribution is 7.91. The van der Waals surface area contributed by atoms with Crippen LogP contribution in [0, 0.1) is 5.41 Å². The highest BCUT2D eigenvalue weighted by Crippen LogP contribution is 2.46. The van der Waals surface area contributed by atoms with Crippen molar-refractivity contribution in [3.63, 3.8) is 0 Å². The smallest absolute Gasteiger partial charge is 0.307 e. The van der Waals surface area contributed by atoms with Crippen LogP contribution in [0.4, 0.5) is 11.4 Å². The Hall–Kier alpha value is -2.25. The Morgan fingerprint density at radius 1 is 1.24 bits per heavy atom. The molecule has 1 N–H and O–H groups in total. The van der Waals surface area contributed by atoms with Crippen LogP contribution in [-0.4, -0.2) is 37.9 Å². The molecule has 33 heavy (non-hydrogen) atoms. The molecule has 1 heterocycles. The van der Waals surface area contributed by atoms with Gasteiger partial charge in [0, 0.05) is 23.7 Å². The first-order valence-electron chi connectivity index (χ1n) is 11.4. The number of benzene rings is 2. The van der Waals surface area contributed by atoms with E-state index in [0.717, 1.165) is 31.4 Å². The average molecular weight is 494 g/mol. The minimum Gasteiger partial charge on any atom is -0.489 e. The summed E-state index contributed by atoms with van der Waals surface area (Å²) in [4.78, 5) is 13.3. The van der Waals surface area contributed by atoms with Crippen LogP contribution >= 0.6 is 11.6 Å². The summed E-state index contributed by atoms with van der Waals surface area (Å²) in [5, 5.41) is 9.29. The average Bonchev–Trinajstić information content (AvgIpc) is 2.85. The van der Waals surface area contributed by atoms with Crippen LogP contribution in [0.25, 0.3) is 0 Å². The normalized spacial score (nSPS) is 20.5. The fourth-order valence-corrected chi connectivity index (χ4v) is 6.84. The number of halogens is 1. The fraction of sp³-hybridized carbons (Fsp3) is 0.480. The number of carboxylic acid groups (broad SMARTS) is 1. The van der Waals surface area contributed by atoms with Crippen molar-refractivity contribution in [2.75, 3.05) is 17.2 Å². The monoisotopic (exact) mass is 493 g/mol. The molecule has 0 saturated heterocycles. The lowest BCUT2D eigenvalue weighted by molar-refractivity contribution is -0.138. The van der Waals surface area contributed by atoms with Crippen LogP contribution in [-0.2, 0) is 14.6 Å². The third kappa shape index (κ3) is 5.82. The third-order valence-corrected chi connectivity index (χ3v) is 8.58. The van der Waals surface area contributed by atoms with E-state index in [-0.39, 0.29) is 27.8 Å². The zero-order valence-electron chi connectivity index (χ0n) is 19.4. The van der Waals surface area contributed by atoms with Gasteiger partial charge in [0.15, 0.2) is 9.84 Å². The standard InChI is InChI=1S/C25H32ClNO5S/c1-4-6-12-25(5-2)16-27(19-10-8-7-9-11-19)21-14-20(26)22(32-18(3)13-24(28)29)15-23(21)33(30,31)17-25/h7-11,14-15,18H,4-6,12-13,16-17H2,1-3H3,(H,28,29)/t18-,25-/m1/s1. The van der Waals surface area contributed by atoms with Crippen molar-refractivity contribution < 1.29 is 23.1 Å². The third-order valence-electron chi connectivity index (χ3n) is 6.30. The number of hydrogen-bond donors (Lipinski definition) is 1. The predicted molar refractivity (Wildman–Crippen MR) is 132 cm³/mol. The van der Waals surface area contributed by atoms with E-state index in [1.807, 2.05) is 30.3 Å². The van der Waals surface area contributed by atoms with Crippen LogP contribution in [0.3, 0.4) is 0 Å². The minimum absolute atomic E-state index is 0.0403. The van der Waals surface area contributed by atoms with Gasteiger partial charge in [0.1, 0.15) is 11.9 Å². The maximum atomic E-state index is 13.7. The summed E-state index contributed by atoms with van der Waals surface area (Å²) in [6.45, 7) is 6.35. The topological polar surface area (TPSA) is 83.9 Å². The molecule has 6 nitrogen and oxygen atoms in total. The second kappa shape index (κ2) is 10.3. The molecule has 0 aromatic heterocycles. The Bertz CT molecular complexity index is 1090. The fourth-order valence-electron chi connectivity index (χ4n) is 4.46. The van der Waals surface area contributed by atoms with E-state index in [4.69, 9.17) is 21.4 Å². The SMILES string of the molecule is CCCC[C@]1(CC)CN(c2ccccc2)c2cc(Cl)c(O[C@H](C)CC(=O)O)cc2S(=O)(=O)C1. The number of hydrogen-bond acceptors (Lipinski definition) is 5. The van der Waals surface area contributed by atoms with Gasteiger partial charge in [-0.25, -0.2) is 8.42 Å². The summed E-state index contributed by atoms with van der Waals surface area (Å²) in [5.74, 6) is -0.781. The number of carbonyl (C=O) groups is 1. The molecule has 180 valence electrons. The number of sulfone groups is 1. The van der Waals surface area contributed by atoms with Crippen LogP contribution in [0.1, 0.15) is 52.9 Å². The van der Waals surface area contributed by atoms with Gasteiger partial charge in [0.25, 0.3) is 0 Å². The lowest BCUT2D eigenvalue weighted by Gasteiger charge is -2.36. The highest BCUT2D eigenvalue weighted by Gasteiger charge is 2.42. The van der Waals surface area contributed by atoms with E-state index in [9.17, 15) is 13.2 Å². The van der Waals surface area contributed by atoms with Crippen molar-refractivity contribution in [1.29, 1.82) is 0 Å². The zero-order valence-corrected chi connectivity index (χ0v) is 21.0. The molecule has 0 spiro atoms. The van der Waals surface area contributed by atoms with E-state index in [2.05, 4.69) is 18.7 Å². The van der Waals surface area contributed by atoms with Gasteiger partial charge in [-0.05, 0) is 38.0 Å². The lowest BCUT2D eigenvalue weighted by Crippen LogP contribution is -2.37. The first-order valence-corrected chi connectivity index (χ1v) is 13.4. The quantitative estimate of drug-likeness (QED) is 0.454. The van der Waals surface area contributed by atoms with Crippen LogP contribution < -0.4 is 9.64 Å². The van der Waals surface area contributed by atoms with Gasteiger partial charge in [-0.1, -0.05) is 56.5 Å². The Balaban J connectivity index is 2.17. The predicted octanol–water partition coefficient (Wildman–Crippen LogP) is 6.09. The van der Waals surface area contributed by atoms with Gasteiger partial charge in [-0.2, -0.15) is 0 Å². The van der Waals surface area contributed by atoms with Crippen LogP contribution in [0.15, 0.2) is 47.4 Å². The number of carboxylic acids is 1. The van der Waals surface area contributed by atoms with E-state index in [0.29, 0.717) is 12.2 Å². The van der Waals surface area contributed by atoms with Crippen molar-refractivity contribution in [3.8, 4) is 5.75 Å². The number of ether oxygens (including phenoxy) is 1. The molecular weight excluding hydrogens is 462 g/mol. The summed E-state index contributed by atoms with van der Waals surface area (Å²) in [6, 6.07) is 12.8. The zero-order chi connectivity index (χ0) is 24.2. The first kappa shape index (κ1) is 25.4. The second-order valence-corrected chi connectivity index (χ2v) is 11.3. The van der Waals surface area contributed by atoms with Crippen molar-refractivity contribution in [2.45, 2.75) is 63.9 Å². The molecule has 2 atom stereocenters. The first-order chi connectivity index (χ1) is 15.6. The number of unbranched alkanes of at least 4 members (excludes halogenated alkanes) is 1. The Morgan fingerprint density at radius 2 is 1.94 bits per heavy atom. The number of aliphatic carboxylic acids is 1.